The predicted molar refractivity (Wildman–Crippen MR) is 88.8 cm³/mol. The molecule has 2 rings (SSSR count). The SMILES string of the molecule is Cc1nn(CCC(=O)NC2CCCNC2C)c(C)c1[N+](=O)[O-].Cl. The quantitative estimate of drug-likeness (QED) is 0.621. The van der Waals surface area contributed by atoms with Crippen LogP contribution >= 0.6 is 12.4 Å². The van der Waals surface area contributed by atoms with Gasteiger partial charge in [-0.2, -0.15) is 5.10 Å². The summed E-state index contributed by atoms with van der Waals surface area (Å²) >= 11 is 0. The number of amides is 1. The van der Waals surface area contributed by atoms with Crippen LogP contribution in [0.5, 0.6) is 0 Å². The lowest BCUT2D eigenvalue weighted by molar-refractivity contribution is -0.386. The fraction of sp³-hybridized carbons (Fsp3) is 0.714. The molecule has 0 spiro atoms. The van der Waals surface area contributed by atoms with E-state index in [-0.39, 0.29) is 42.5 Å². The van der Waals surface area contributed by atoms with Gasteiger partial charge in [0.25, 0.3) is 0 Å². The van der Waals surface area contributed by atoms with Gasteiger partial charge in [0, 0.05) is 18.5 Å². The van der Waals surface area contributed by atoms with Gasteiger partial charge in [0.05, 0.1) is 11.5 Å². The van der Waals surface area contributed by atoms with E-state index in [0.717, 1.165) is 19.4 Å². The summed E-state index contributed by atoms with van der Waals surface area (Å²) in [5.74, 6) is -0.0456. The van der Waals surface area contributed by atoms with Crippen molar-refractivity contribution in [3.63, 3.8) is 0 Å². The number of halogens is 1. The molecule has 0 aromatic carbocycles. The highest BCUT2D eigenvalue weighted by atomic mass is 35.5. The first-order chi connectivity index (χ1) is 10.4. The van der Waals surface area contributed by atoms with Gasteiger partial charge in [-0.25, -0.2) is 0 Å². The summed E-state index contributed by atoms with van der Waals surface area (Å²) in [5, 5.41) is 21.5. The summed E-state index contributed by atoms with van der Waals surface area (Å²) < 4.78 is 1.54. The molecule has 0 bridgehead atoms. The minimum absolute atomic E-state index is 0. The first kappa shape index (κ1) is 19.4. The first-order valence-corrected chi connectivity index (χ1v) is 7.61. The van der Waals surface area contributed by atoms with Crippen LogP contribution in [0, 0.1) is 24.0 Å². The zero-order chi connectivity index (χ0) is 16.3. The molecule has 0 saturated carbocycles. The lowest BCUT2D eigenvalue weighted by Crippen LogP contribution is -2.52. The number of carbonyl (C=O) groups excluding carboxylic acids is 1. The van der Waals surface area contributed by atoms with Gasteiger partial charge >= 0.3 is 5.69 Å². The Labute approximate surface area is 141 Å². The van der Waals surface area contributed by atoms with E-state index < -0.39 is 4.92 Å². The lowest BCUT2D eigenvalue weighted by atomic mass is 10.00. The van der Waals surface area contributed by atoms with Crippen LogP contribution in [-0.4, -0.2) is 39.2 Å². The number of aryl methyl sites for hydroxylation is 2. The van der Waals surface area contributed by atoms with E-state index in [0.29, 0.717) is 17.9 Å². The molecule has 1 aliphatic rings. The predicted octanol–water partition coefficient (Wildman–Crippen LogP) is 1.48. The second-order valence-electron chi connectivity index (χ2n) is 5.81. The summed E-state index contributed by atoms with van der Waals surface area (Å²) in [7, 11) is 0. The molecule has 23 heavy (non-hydrogen) atoms. The number of carbonyl (C=O) groups is 1. The van der Waals surface area contributed by atoms with Crippen molar-refractivity contribution < 1.29 is 9.72 Å². The number of hydrogen-bond acceptors (Lipinski definition) is 5. The Morgan fingerprint density at radius 1 is 1.52 bits per heavy atom. The molecule has 130 valence electrons. The van der Waals surface area contributed by atoms with Crippen molar-refractivity contribution in [3.05, 3.63) is 21.5 Å². The lowest BCUT2D eigenvalue weighted by Gasteiger charge is -2.30. The maximum absolute atomic E-state index is 12.1. The molecule has 1 aromatic heterocycles. The maximum Gasteiger partial charge on any atom is 0.312 e. The average molecular weight is 346 g/mol. The van der Waals surface area contributed by atoms with Gasteiger partial charge in [0.1, 0.15) is 11.4 Å². The van der Waals surface area contributed by atoms with Crippen molar-refractivity contribution in [1.82, 2.24) is 20.4 Å². The Morgan fingerprint density at radius 3 is 2.78 bits per heavy atom. The minimum atomic E-state index is -0.427. The first-order valence-electron chi connectivity index (χ1n) is 7.61. The molecular weight excluding hydrogens is 322 g/mol. The van der Waals surface area contributed by atoms with E-state index in [2.05, 4.69) is 22.7 Å². The van der Waals surface area contributed by atoms with Gasteiger partial charge in [-0.05, 0) is 40.2 Å². The van der Waals surface area contributed by atoms with Crippen LogP contribution < -0.4 is 10.6 Å². The van der Waals surface area contributed by atoms with Crippen LogP contribution in [-0.2, 0) is 11.3 Å². The topological polar surface area (TPSA) is 102 Å². The fourth-order valence-electron chi connectivity index (χ4n) is 2.90. The monoisotopic (exact) mass is 345 g/mol. The summed E-state index contributed by atoms with van der Waals surface area (Å²) in [6.07, 6.45) is 2.30. The van der Waals surface area contributed by atoms with Crippen LogP contribution in [0.25, 0.3) is 0 Å². The van der Waals surface area contributed by atoms with Crippen molar-refractivity contribution >= 4 is 24.0 Å². The molecule has 1 aliphatic heterocycles. The van der Waals surface area contributed by atoms with Gasteiger partial charge in [0.2, 0.25) is 5.91 Å². The van der Waals surface area contributed by atoms with Crippen molar-refractivity contribution in [2.45, 2.75) is 58.7 Å². The molecule has 2 unspecified atom stereocenters. The van der Waals surface area contributed by atoms with Crippen molar-refractivity contribution in [1.29, 1.82) is 0 Å². The molecule has 0 radical (unpaired) electrons. The number of hydrogen-bond donors (Lipinski definition) is 2. The number of nitro groups is 1. The second-order valence-corrected chi connectivity index (χ2v) is 5.81. The van der Waals surface area contributed by atoms with Crippen LogP contribution in [0.2, 0.25) is 0 Å². The molecule has 2 N–H and O–H groups in total. The average Bonchev–Trinajstić information content (AvgIpc) is 2.73. The van der Waals surface area contributed by atoms with Crippen molar-refractivity contribution in [2.75, 3.05) is 6.54 Å². The van der Waals surface area contributed by atoms with Gasteiger partial charge in [0.15, 0.2) is 0 Å². The Bertz CT molecular complexity index is 575. The van der Waals surface area contributed by atoms with Crippen LogP contribution in [0.3, 0.4) is 0 Å². The number of aromatic nitrogens is 2. The fourth-order valence-corrected chi connectivity index (χ4v) is 2.90. The summed E-state index contributed by atoms with van der Waals surface area (Å²) in [5.41, 5.74) is 0.904. The van der Waals surface area contributed by atoms with E-state index in [1.807, 2.05) is 0 Å². The molecular formula is C14H24ClN5O3. The number of nitrogens with one attached hydrogen (secondary N) is 2. The summed E-state index contributed by atoms with van der Waals surface area (Å²) in [4.78, 5) is 22.6. The van der Waals surface area contributed by atoms with E-state index in [9.17, 15) is 14.9 Å². The molecule has 2 heterocycles. The second kappa shape index (κ2) is 8.26. The molecule has 0 aliphatic carbocycles. The van der Waals surface area contributed by atoms with Gasteiger partial charge < -0.3 is 10.6 Å². The Morgan fingerprint density at radius 2 is 2.22 bits per heavy atom. The Balaban J connectivity index is 0.00000264. The van der Waals surface area contributed by atoms with Gasteiger partial charge in [-0.15, -0.1) is 12.4 Å². The third-order valence-corrected chi connectivity index (χ3v) is 4.18. The van der Waals surface area contributed by atoms with E-state index in [4.69, 9.17) is 0 Å². The van der Waals surface area contributed by atoms with Crippen LogP contribution in [0.1, 0.15) is 37.6 Å². The zero-order valence-corrected chi connectivity index (χ0v) is 14.5. The number of nitrogens with zero attached hydrogens (tertiary/aromatic N) is 3. The standard InChI is InChI=1S/C14H23N5O3.ClH/c1-9-12(5-4-7-15-9)16-13(20)6-8-18-11(3)14(19(21)22)10(2)17-18;/h9,12,15H,4-8H2,1-3H3,(H,16,20);1H. The molecule has 1 aromatic rings. The summed E-state index contributed by atoms with van der Waals surface area (Å²) in [6, 6.07) is 0.420. The highest BCUT2D eigenvalue weighted by Gasteiger charge is 2.24. The third kappa shape index (κ3) is 4.65. The number of rotatable bonds is 5. The van der Waals surface area contributed by atoms with E-state index in [1.54, 1.807) is 13.8 Å². The highest BCUT2D eigenvalue weighted by molar-refractivity contribution is 5.85. The molecule has 8 nitrogen and oxygen atoms in total. The molecule has 1 fully saturated rings. The van der Waals surface area contributed by atoms with E-state index >= 15 is 0 Å². The van der Waals surface area contributed by atoms with Crippen LogP contribution in [0.15, 0.2) is 0 Å². The Hall–Kier alpha value is -1.67. The number of piperidine rings is 1. The third-order valence-electron chi connectivity index (χ3n) is 4.18. The molecule has 1 amide bonds. The van der Waals surface area contributed by atoms with Crippen LogP contribution in [0.4, 0.5) is 5.69 Å². The largest absolute Gasteiger partial charge is 0.352 e. The van der Waals surface area contributed by atoms with Crippen molar-refractivity contribution in [2.24, 2.45) is 0 Å². The molecule has 2 atom stereocenters. The Kier molecular flexibility index (Phi) is 6.96. The van der Waals surface area contributed by atoms with E-state index in [1.165, 1.54) is 4.68 Å². The van der Waals surface area contributed by atoms with Gasteiger partial charge in [-0.3, -0.25) is 19.6 Å². The zero-order valence-electron chi connectivity index (χ0n) is 13.7. The summed E-state index contributed by atoms with van der Waals surface area (Å²) in [6.45, 7) is 6.67. The van der Waals surface area contributed by atoms with Gasteiger partial charge in [-0.1, -0.05) is 0 Å². The maximum atomic E-state index is 12.1. The van der Waals surface area contributed by atoms with Crippen molar-refractivity contribution in [3.8, 4) is 0 Å². The molecule has 9 heteroatoms. The minimum Gasteiger partial charge on any atom is -0.352 e. The smallest absolute Gasteiger partial charge is 0.312 e. The molecule has 1 saturated heterocycles. The highest BCUT2D eigenvalue weighted by Crippen LogP contribution is 2.21. The normalized spacial score (nSPS) is 20.7.